The van der Waals surface area contributed by atoms with Crippen LogP contribution < -0.4 is 5.32 Å². The minimum absolute atomic E-state index is 0.0327. The van der Waals surface area contributed by atoms with Crippen molar-refractivity contribution in [3.05, 3.63) is 33.6 Å². The lowest BCUT2D eigenvalue weighted by molar-refractivity contribution is 0.0937. The quantitative estimate of drug-likeness (QED) is 0.916. The van der Waals surface area contributed by atoms with Gasteiger partial charge in [-0.05, 0) is 37.1 Å². The SMILES string of the molecule is CC(CCc1ccco1)NC(=O)c1nnc(Cl)s1. The Hall–Kier alpha value is -1.40. The molecule has 1 atom stereocenters. The number of aromatic nitrogens is 2. The highest BCUT2D eigenvalue weighted by Crippen LogP contribution is 2.15. The number of hydrogen-bond acceptors (Lipinski definition) is 5. The van der Waals surface area contributed by atoms with E-state index >= 15 is 0 Å². The maximum atomic E-state index is 11.7. The van der Waals surface area contributed by atoms with Gasteiger partial charge in [0.05, 0.1) is 6.26 Å². The molecule has 1 amide bonds. The molecule has 0 aromatic carbocycles. The lowest BCUT2D eigenvalue weighted by atomic mass is 10.1. The molecule has 0 aliphatic heterocycles. The van der Waals surface area contributed by atoms with Crippen molar-refractivity contribution in [3.63, 3.8) is 0 Å². The van der Waals surface area contributed by atoms with Gasteiger partial charge in [-0.3, -0.25) is 4.79 Å². The Morgan fingerprint density at radius 3 is 3.06 bits per heavy atom. The average Bonchev–Trinajstić information content (AvgIpc) is 2.97. The maximum absolute atomic E-state index is 11.7. The summed E-state index contributed by atoms with van der Waals surface area (Å²) in [6, 6.07) is 3.80. The summed E-state index contributed by atoms with van der Waals surface area (Å²) in [7, 11) is 0. The van der Waals surface area contributed by atoms with E-state index in [0.717, 1.165) is 29.9 Å². The van der Waals surface area contributed by atoms with Crippen LogP contribution in [0.2, 0.25) is 4.47 Å². The summed E-state index contributed by atoms with van der Waals surface area (Å²) in [6.07, 6.45) is 3.22. The van der Waals surface area contributed by atoms with Gasteiger partial charge in [0.2, 0.25) is 9.47 Å². The van der Waals surface area contributed by atoms with E-state index in [4.69, 9.17) is 16.0 Å². The van der Waals surface area contributed by atoms with E-state index in [9.17, 15) is 4.79 Å². The van der Waals surface area contributed by atoms with E-state index in [0.29, 0.717) is 0 Å². The number of carbonyl (C=O) groups excluding carboxylic acids is 1. The van der Waals surface area contributed by atoms with Crippen LogP contribution in [-0.2, 0) is 6.42 Å². The summed E-state index contributed by atoms with van der Waals surface area (Å²) in [4.78, 5) is 11.7. The Morgan fingerprint density at radius 1 is 1.61 bits per heavy atom. The molecule has 7 heteroatoms. The Labute approximate surface area is 113 Å². The van der Waals surface area contributed by atoms with Crippen LogP contribution in [0.1, 0.15) is 28.9 Å². The Bertz CT molecular complexity index is 512. The number of amides is 1. The van der Waals surface area contributed by atoms with Crippen molar-refractivity contribution in [3.8, 4) is 0 Å². The van der Waals surface area contributed by atoms with Crippen molar-refractivity contribution >= 4 is 28.8 Å². The molecule has 1 N–H and O–H groups in total. The van der Waals surface area contributed by atoms with Crippen LogP contribution in [0.15, 0.2) is 22.8 Å². The highest BCUT2D eigenvalue weighted by atomic mass is 35.5. The standard InChI is InChI=1S/C11H12ClN3O2S/c1-7(4-5-8-3-2-6-17-8)13-9(16)10-14-15-11(12)18-10/h2-3,6-7H,4-5H2,1H3,(H,13,16). The van der Waals surface area contributed by atoms with E-state index in [1.54, 1.807) is 6.26 Å². The van der Waals surface area contributed by atoms with E-state index in [-0.39, 0.29) is 21.4 Å². The third-order valence-corrected chi connectivity index (χ3v) is 3.39. The van der Waals surface area contributed by atoms with Gasteiger partial charge in [-0.2, -0.15) is 0 Å². The topological polar surface area (TPSA) is 68.0 Å². The molecular formula is C11H12ClN3O2S. The first-order valence-electron chi connectivity index (χ1n) is 5.47. The van der Waals surface area contributed by atoms with Gasteiger partial charge >= 0.3 is 0 Å². The van der Waals surface area contributed by atoms with Gasteiger partial charge in [-0.1, -0.05) is 11.3 Å². The third-order valence-electron chi connectivity index (χ3n) is 2.38. The van der Waals surface area contributed by atoms with Gasteiger partial charge in [0.25, 0.3) is 5.91 Å². The van der Waals surface area contributed by atoms with Gasteiger partial charge in [-0.15, -0.1) is 10.2 Å². The monoisotopic (exact) mass is 285 g/mol. The summed E-state index contributed by atoms with van der Waals surface area (Å²) in [5, 5.41) is 10.4. The van der Waals surface area contributed by atoms with Gasteiger partial charge in [0.15, 0.2) is 0 Å². The predicted molar refractivity (Wildman–Crippen MR) is 68.9 cm³/mol. The van der Waals surface area contributed by atoms with E-state index in [1.807, 2.05) is 19.1 Å². The van der Waals surface area contributed by atoms with Crippen molar-refractivity contribution in [2.45, 2.75) is 25.8 Å². The summed E-state index contributed by atoms with van der Waals surface area (Å²) in [5.41, 5.74) is 0. The Balaban J connectivity index is 1.80. The third kappa shape index (κ3) is 3.54. The smallest absolute Gasteiger partial charge is 0.282 e. The number of furan rings is 1. The summed E-state index contributed by atoms with van der Waals surface area (Å²) in [6.45, 7) is 1.93. The minimum Gasteiger partial charge on any atom is -0.469 e. The Kier molecular flexibility index (Phi) is 4.33. The zero-order valence-corrected chi connectivity index (χ0v) is 11.3. The van der Waals surface area contributed by atoms with Gasteiger partial charge in [0, 0.05) is 12.5 Å². The first kappa shape index (κ1) is 13.0. The van der Waals surface area contributed by atoms with Crippen LogP contribution in [-0.4, -0.2) is 22.1 Å². The molecule has 5 nitrogen and oxygen atoms in total. The molecule has 2 aromatic heterocycles. The molecule has 2 heterocycles. The highest BCUT2D eigenvalue weighted by Gasteiger charge is 2.14. The number of nitrogens with zero attached hydrogens (tertiary/aromatic N) is 2. The fourth-order valence-corrected chi connectivity index (χ4v) is 2.20. The second-order valence-corrected chi connectivity index (χ2v) is 5.41. The van der Waals surface area contributed by atoms with Crippen molar-refractivity contribution < 1.29 is 9.21 Å². The number of halogens is 1. The van der Waals surface area contributed by atoms with Crippen LogP contribution in [0.4, 0.5) is 0 Å². The van der Waals surface area contributed by atoms with Gasteiger partial charge < -0.3 is 9.73 Å². The number of nitrogens with one attached hydrogen (secondary N) is 1. The zero-order chi connectivity index (χ0) is 13.0. The second-order valence-electron chi connectivity index (χ2n) is 3.85. The van der Waals surface area contributed by atoms with E-state index in [1.165, 1.54) is 0 Å². The van der Waals surface area contributed by atoms with Crippen molar-refractivity contribution in [1.29, 1.82) is 0 Å². The normalized spacial score (nSPS) is 12.3. The molecule has 0 spiro atoms. The first-order chi connectivity index (χ1) is 8.65. The molecule has 2 rings (SSSR count). The van der Waals surface area contributed by atoms with Crippen LogP contribution in [0.3, 0.4) is 0 Å². The number of rotatable bonds is 5. The molecule has 0 saturated carbocycles. The summed E-state index contributed by atoms with van der Waals surface area (Å²) < 4.78 is 5.49. The summed E-state index contributed by atoms with van der Waals surface area (Å²) in [5.74, 6) is 0.668. The molecule has 1 unspecified atom stereocenters. The molecule has 96 valence electrons. The highest BCUT2D eigenvalue weighted by molar-refractivity contribution is 7.17. The van der Waals surface area contributed by atoms with Crippen molar-refractivity contribution in [1.82, 2.24) is 15.5 Å². The summed E-state index contributed by atoms with van der Waals surface area (Å²) >= 11 is 6.69. The van der Waals surface area contributed by atoms with Crippen molar-refractivity contribution in [2.24, 2.45) is 0 Å². The average molecular weight is 286 g/mol. The lowest BCUT2D eigenvalue weighted by Gasteiger charge is -2.11. The van der Waals surface area contributed by atoms with Gasteiger partial charge in [0.1, 0.15) is 5.76 Å². The number of carbonyl (C=O) groups is 1. The van der Waals surface area contributed by atoms with Crippen LogP contribution in [0.25, 0.3) is 0 Å². The Morgan fingerprint density at radius 2 is 2.44 bits per heavy atom. The predicted octanol–water partition coefficient (Wildman–Crippen LogP) is 2.54. The van der Waals surface area contributed by atoms with Crippen LogP contribution in [0.5, 0.6) is 0 Å². The van der Waals surface area contributed by atoms with Gasteiger partial charge in [-0.25, -0.2) is 0 Å². The fraction of sp³-hybridized carbons (Fsp3) is 0.364. The molecule has 0 aliphatic carbocycles. The van der Waals surface area contributed by atoms with E-state index < -0.39 is 0 Å². The number of aryl methyl sites for hydroxylation is 1. The van der Waals surface area contributed by atoms with Crippen molar-refractivity contribution in [2.75, 3.05) is 0 Å². The first-order valence-corrected chi connectivity index (χ1v) is 6.67. The second kappa shape index (κ2) is 5.97. The fourth-order valence-electron chi connectivity index (χ4n) is 1.47. The zero-order valence-electron chi connectivity index (χ0n) is 9.72. The largest absolute Gasteiger partial charge is 0.469 e. The molecule has 0 fully saturated rings. The molecule has 0 radical (unpaired) electrons. The maximum Gasteiger partial charge on any atom is 0.282 e. The molecule has 2 aromatic rings. The molecule has 18 heavy (non-hydrogen) atoms. The van der Waals surface area contributed by atoms with E-state index in [2.05, 4.69) is 15.5 Å². The molecule has 0 aliphatic rings. The molecular weight excluding hydrogens is 274 g/mol. The molecule has 0 bridgehead atoms. The number of hydrogen-bond donors (Lipinski definition) is 1. The van der Waals surface area contributed by atoms with Crippen LogP contribution >= 0.6 is 22.9 Å². The molecule has 0 saturated heterocycles. The minimum atomic E-state index is -0.244. The van der Waals surface area contributed by atoms with Crippen LogP contribution in [0, 0.1) is 0 Å². The lowest BCUT2D eigenvalue weighted by Crippen LogP contribution is -2.32.